The Kier molecular flexibility index (Phi) is 4.03. The number of hydrogen-bond acceptors (Lipinski definition) is 4. The van der Waals surface area contributed by atoms with Crippen LogP contribution >= 0.6 is 0 Å². The summed E-state index contributed by atoms with van der Waals surface area (Å²) in [6.45, 7) is 1.67. The topological polar surface area (TPSA) is 55.8 Å². The SMILES string of the molecule is COc1ccc(-c2ccc([C@@]3(C)O[C@H](O)C=CC3=O)cc2)cc1. The van der Waals surface area contributed by atoms with E-state index in [2.05, 4.69) is 0 Å². The highest BCUT2D eigenvalue weighted by Crippen LogP contribution is 2.33. The molecule has 0 fully saturated rings. The molecule has 23 heavy (non-hydrogen) atoms. The van der Waals surface area contributed by atoms with Crippen LogP contribution in [-0.4, -0.2) is 24.3 Å². The lowest BCUT2D eigenvalue weighted by molar-refractivity contribution is -0.177. The Morgan fingerprint density at radius 1 is 1.04 bits per heavy atom. The third-order valence-corrected chi connectivity index (χ3v) is 4.10. The molecule has 2 atom stereocenters. The smallest absolute Gasteiger partial charge is 0.191 e. The Morgan fingerprint density at radius 2 is 1.61 bits per heavy atom. The number of rotatable bonds is 3. The zero-order chi connectivity index (χ0) is 16.4. The highest BCUT2D eigenvalue weighted by atomic mass is 16.6. The van der Waals surface area contributed by atoms with Crippen LogP contribution in [0.5, 0.6) is 5.75 Å². The quantitative estimate of drug-likeness (QED) is 0.946. The first-order valence-electron chi connectivity index (χ1n) is 7.36. The molecule has 0 saturated carbocycles. The Bertz CT molecular complexity index is 731. The summed E-state index contributed by atoms with van der Waals surface area (Å²) in [7, 11) is 1.63. The van der Waals surface area contributed by atoms with Crippen molar-refractivity contribution in [2.24, 2.45) is 0 Å². The second-order valence-electron chi connectivity index (χ2n) is 5.57. The fourth-order valence-corrected chi connectivity index (χ4v) is 2.64. The Hall–Kier alpha value is -2.43. The highest BCUT2D eigenvalue weighted by molar-refractivity contribution is 5.98. The molecule has 2 aromatic carbocycles. The minimum absolute atomic E-state index is 0.181. The summed E-state index contributed by atoms with van der Waals surface area (Å²) < 4.78 is 10.6. The number of carbonyl (C=O) groups excluding carboxylic acids is 1. The van der Waals surface area contributed by atoms with Gasteiger partial charge >= 0.3 is 0 Å². The molecule has 0 aliphatic carbocycles. The van der Waals surface area contributed by atoms with Crippen LogP contribution < -0.4 is 4.74 Å². The number of carbonyl (C=O) groups is 1. The van der Waals surface area contributed by atoms with Crippen molar-refractivity contribution in [3.8, 4) is 16.9 Å². The van der Waals surface area contributed by atoms with E-state index in [-0.39, 0.29) is 5.78 Å². The van der Waals surface area contributed by atoms with Crippen molar-refractivity contribution in [2.75, 3.05) is 7.11 Å². The summed E-state index contributed by atoms with van der Waals surface area (Å²) in [5.41, 5.74) is 1.63. The average Bonchev–Trinajstić information content (AvgIpc) is 2.59. The van der Waals surface area contributed by atoms with E-state index in [1.54, 1.807) is 14.0 Å². The van der Waals surface area contributed by atoms with Crippen molar-refractivity contribution in [3.05, 3.63) is 66.2 Å². The number of ether oxygens (including phenoxy) is 2. The number of methoxy groups -OCH3 is 1. The first-order valence-corrected chi connectivity index (χ1v) is 7.36. The van der Waals surface area contributed by atoms with Crippen LogP contribution in [0, 0.1) is 0 Å². The van der Waals surface area contributed by atoms with Gasteiger partial charge in [0.05, 0.1) is 7.11 Å². The molecule has 0 radical (unpaired) electrons. The van der Waals surface area contributed by atoms with Crippen molar-refractivity contribution in [1.82, 2.24) is 0 Å². The molecular weight excluding hydrogens is 292 g/mol. The lowest BCUT2D eigenvalue weighted by atomic mass is 9.88. The maximum absolute atomic E-state index is 12.2. The van der Waals surface area contributed by atoms with Gasteiger partial charge < -0.3 is 14.6 Å². The minimum Gasteiger partial charge on any atom is -0.497 e. The zero-order valence-corrected chi connectivity index (χ0v) is 13.0. The van der Waals surface area contributed by atoms with Crippen LogP contribution in [0.3, 0.4) is 0 Å². The summed E-state index contributed by atoms with van der Waals surface area (Å²) in [4.78, 5) is 12.2. The molecule has 4 nitrogen and oxygen atoms in total. The largest absolute Gasteiger partial charge is 0.497 e. The van der Waals surface area contributed by atoms with Gasteiger partial charge in [-0.15, -0.1) is 0 Å². The van der Waals surface area contributed by atoms with E-state index in [4.69, 9.17) is 9.47 Å². The monoisotopic (exact) mass is 310 g/mol. The molecule has 0 spiro atoms. The van der Waals surface area contributed by atoms with Crippen molar-refractivity contribution in [3.63, 3.8) is 0 Å². The third-order valence-electron chi connectivity index (χ3n) is 4.10. The number of hydrogen-bond donors (Lipinski definition) is 1. The Morgan fingerprint density at radius 3 is 2.17 bits per heavy atom. The zero-order valence-electron chi connectivity index (χ0n) is 13.0. The maximum Gasteiger partial charge on any atom is 0.191 e. The van der Waals surface area contributed by atoms with Crippen molar-refractivity contribution >= 4 is 5.78 Å². The van der Waals surface area contributed by atoms with Gasteiger partial charge in [0.1, 0.15) is 5.75 Å². The molecule has 0 aromatic heterocycles. The number of ketones is 1. The molecule has 2 aromatic rings. The molecule has 1 N–H and O–H groups in total. The number of aliphatic hydroxyl groups excluding tert-OH is 1. The lowest BCUT2D eigenvalue weighted by Gasteiger charge is -2.32. The van der Waals surface area contributed by atoms with Gasteiger partial charge in [0.15, 0.2) is 17.7 Å². The van der Waals surface area contributed by atoms with E-state index < -0.39 is 11.9 Å². The van der Waals surface area contributed by atoms with Gasteiger partial charge in [-0.05, 0) is 47.9 Å². The predicted octanol–water partition coefficient (Wildman–Crippen LogP) is 3.05. The Balaban J connectivity index is 1.89. The van der Waals surface area contributed by atoms with E-state index in [0.717, 1.165) is 16.9 Å². The molecule has 0 unspecified atom stereocenters. The molecule has 1 aliphatic rings. The van der Waals surface area contributed by atoms with Crippen LogP contribution in [0.4, 0.5) is 0 Å². The molecule has 118 valence electrons. The van der Waals surface area contributed by atoms with Crippen LogP contribution in [0.25, 0.3) is 11.1 Å². The van der Waals surface area contributed by atoms with Gasteiger partial charge in [-0.3, -0.25) is 4.79 Å². The maximum atomic E-state index is 12.2. The first-order chi connectivity index (χ1) is 11.0. The van der Waals surface area contributed by atoms with Gasteiger partial charge in [-0.2, -0.15) is 0 Å². The van der Waals surface area contributed by atoms with E-state index >= 15 is 0 Å². The minimum atomic E-state index is -1.16. The predicted molar refractivity (Wildman–Crippen MR) is 87.0 cm³/mol. The fraction of sp³-hybridized carbons (Fsp3) is 0.211. The summed E-state index contributed by atoms with van der Waals surface area (Å²) >= 11 is 0. The second kappa shape index (κ2) is 5.99. The number of benzene rings is 2. The summed E-state index contributed by atoms with van der Waals surface area (Å²) in [6.07, 6.45) is 1.64. The third kappa shape index (κ3) is 2.91. The second-order valence-corrected chi connectivity index (χ2v) is 5.57. The summed E-state index contributed by atoms with van der Waals surface area (Å²) in [5.74, 6) is 0.625. The van der Waals surface area contributed by atoms with Gasteiger partial charge in [0, 0.05) is 0 Å². The van der Waals surface area contributed by atoms with Crippen molar-refractivity contribution in [2.45, 2.75) is 18.8 Å². The fourth-order valence-electron chi connectivity index (χ4n) is 2.64. The normalized spacial score (nSPS) is 23.8. The van der Waals surface area contributed by atoms with Gasteiger partial charge in [-0.1, -0.05) is 36.4 Å². The van der Waals surface area contributed by atoms with Crippen LogP contribution in [-0.2, 0) is 15.1 Å². The van der Waals surface area contributed by atoms with Gasteiger partial charge in [-0.25, -0.2) is 0 Å². The summed E-state index contributed by atoms with van der Waals surface area (Å²) in [6, 6.07) is 15.3. The van der Waals surface area contributed by atoms with Crippen LogP contribution in [0.2, 0.25) is 0 Å². The van der Waals surface area contributed by atoms with E-state index in [1.807, 2.05) is 48.5 Å². The van der Waals surface area contributed by atoms with E-state index in [1.165, 1.54) is 12.2 Å². The molecular formula is C19H18O4. The molecule has 3 rings (SSSR count). The number of aliphatic hydroxyl groups is 1. The first kappa shape index (κ1) is 15.5. The standard InChI is InChI=1S/C19H18O4/c1-19(17(20)11-12-18(21)23-19)15-7-3-13(4-8-15)14-5-9-16(22-2)10-6-14/h3-12,18,21H,1-2H3/t18-,19+/m0/s1. The van der Waals surface area contributed by atoms with Gasteiger partial charge in [0.2, 0.25) is 0 Å². The molecule has 1 aliphatic heterocycles. The van der Waals surface area contributed by atoms with Crippen molar-refractivity contribution in [1.29, 1.82) is 0 Å². The van der Waals surface area contributed by atoms with Crippen LogP contribution in [0.15, 0.2) is 60.7 Å². The van der Waals surface area contributed by atoms with E-state index in [0.29, 0.717) is 5.56 Å². The lowest BCUT2D eigenvalue weighted by Crippen LogP contribution is -2.40. The molecule has 4 heteroatoms. The van der Waals surface area contributed by atoms with E-state index in [9.17, 15) is 9.90 Å². The summed E-state index contributed by atoms with van der Waals surface area (Å²) in [5, 5.41) is 9.63. The average molecular weight is 310 g/mol. The Labute approximate surface area is 135 Å². The van der Waals surface area contributed by atoms with Crippen LogP contribution in [0.1, 0.15) is 12.5 Å². The molecule has 0 saturated heterocycles. The highest BCUT2D eigenvalue weighted by Gasteiger charge is 2.38. The molecule has 0 bridgehead atoms. The van der Waals surface area contributed by atoms with Gasteiger partial charge in [0.25, 0.3) is 0 Å². The van der Waals surface area contributed by atoms with Crippen molar-refractivity contribution < 1.29 is 19.4 Å². The molecule has 1 heterocycles. The molecule has 0 amide bonds.